The molecule has 0 saturated carbocycles. The Hall–Kier alpha value is -2.31. The molecule has 7 heteroatoms. The highest BCUT2D eigenvalue weighted by Gasteiger charge is 2.37. The number of carbonyl (C=O) groups excluding carboxylic acids is 3. The van der Waals surface area contributed by atoms with E-state index in [4.69, 9.17) is 0 Å². The third-order valence-electron chi connectivity index (χ3n) is 2.34. The Balaban J connectivity index is 2.26. The Morgan fingerprint density at radius 2 is 2.29 bits per heavy atom. The Morgan fingerprint density at radius 1 is 1.53 bits per heavy atom. The number of fused-ring (bicyclic) bond motifs is 1. The number of allylic oxidation sites excluding steroid dienone is 1. The Bertz CT molecular complexity index is 478. The van der Waals surface area contributed by atoms with Gasteiger partial charge in [0.05, 0.1) is 12.8 Å². The summed E-state index contributed by atoms with van der Waals surface area (Å²) < 4.78 is 4.40. The third kappa shape index (κ3) is 1.99. The van der Waals surface area contributed by atoms with Crippen molar-refractivity contribution >= 4 is 29.8 Å². The van der Waals surface area contributed by atoms with Crippen molar-refractivity contribution in [1.82, 2.24) is 4.90 Å². The molecule has 17 heavy (non-hydrogen) atoms. The van der Waals surface area contributed by atoms with Gasteiger partial charge in [-0.15, -0.1) is 0 Å². The zero-order valence-electron chi connectivity index (χ0n) is 8.99. The van der Waals surface area contributed by atoms with Crippen LogP contribution in [0.3, 0.4) is 0 Å². The van der Waals surface area contributed by atoms with Crippen molar-refractivity contribution in [3.05, 3.63) is 12.2 Å². The van der Waals surface area contributed by atoms with E-state index in [1.165, 1.54) is 13.3 Å². The molecule has 0 aromatic rings. The summed E-state index contributed by atoms with van der Waals surface area (Å²) in [6, 6.07) is -1.60. The van der Waals surface area contributed by atoms with Gasteiger partial charge in [-0.1, -0.05) is 0 Å². The highest BCUT2D eigenvalue weighted by Crippen LogP contribution is 2.14. The first kappa shape index (κ1) is 11.2. The molecular weight excluding hydrogens is 226 g/mol. The van der Waals surface area contributed by atoms with Crippen LogP contribution in [0.2, 0.25) is 0 Å². The minimum atomic E-state index is -0.831. The highest BCUT2D eigenvalue weighted by molar-refractivity contribution is 6.25. The maximum atomic E-state index is 11.9. The number of methoxy groups -OCH3 is 1. The van der Waals surface area contributed by atoms with Crippen molar-refractivity contribution in [3.63, 3.8) is 0 Å². The normalized spacial score (nSPS) is 22.3. The summed E-state index contributed by atoms with van der Waals surface area (Å²) in [7, 11) is 1.18. The van der Waals surface area contributed by atoms with Gasteiger partial charge in [-0.3, -0.25) is 14.6 Å². The molecule has 0 radical (unpaired) electrons. The lowest BCUT2D eigenvalue weighted by Gasteiger charge is -2.26. The number of amides is 3. The number of dihydropyridines is 1. The molecule has 0 saturated heterocycles. The van der Waals surface area contributed by atoms with E-state index in [1.807, 2.05) is 0 Å². The van der Waals surface area contributed by atoms with E-state index in [1.54, 1.807) is 12.2 Å². The van der Waals surface area contributed by atoms with Crippen LogP contribution in [0.1, 0.15) is 0 Å². The van der Waals surface area contributed by atoms with Crippen LogP contribution in [0.4, 0.5) is 4.79 Å². The fourth-order valence-corrected chi connectivity index (χ4v) is 1.49. The lowest BCUT2D eigenvalue weighted by atomic mass is 10.1. The second-order valence-electron chi connectivity index (χ2n) is 3.38. The molecule has 0 N–H and O–H groups in total. The Labute approximate surface area is 96.5 Å². The van der Waals surface area contributed by atoms with Crippen molar-refractivity contribution < 1.29 is 19.1 Å². The molecule has 1 unspecified atom stereocenters. The van der Waals surface area contributed by atoms with Gasteiger partial charge < -0.3 is 4.74 Å². The van der Waals surface area contributed by atoms with Crippen LogP contribution in [0.15, 0.2) is 22.1 Å². The minimum absolute atomic E-state index is 0.295. The van der Waals surface area contributed by atoms with E-state index in [9.17, 15) is 14.4 Å². The minimum Gasteiger partial charge on any atom is -0.468 e. The summed E-state index contributed by atoms with van der Waals surface area (Å²) in [5.74, 6) is -1.24. The van der Waals surface area contributed by atoms with Crippen molar-refractivity contribution in [1.29, 1.82) is 0 Å². The molecule has 7 nitrogen and oxygen atoms in total. The number of hydrogen-bond donors (Lipinski definition) is 0. The van der Waals surface area contributed by atoms with E-state index in [2.05, 4.69) is 14.7 Å². The average molecular weight is 235 g/mol. The van der Waals surface area contributed by atoms with Gasteiger partial charge in [-0.05, 0) is 12.2 Å². The standard InChI is InChI=1S/C10H9N3O4/c1-17-7(14)5-13-9(15)8-6(12-10(13)16)3-2-4-11-8/h2-4,8H,5H2,1H3. The maximum absolute atomic E-state index is 11.9. The number of urea groups is 1. The second kappa shape index (κ2) is 4.28. The van der Waals surface area contributed by atoms with Gasteiger partial charge in [0, 0.05) is 6.21 Å². The lowest BCUT2D eigenvalue weighted by molar-refractivity contribution is -0.145. The van der Waals surface area contributed by atoms with Crippen molar-refractivity contribution in [2.24, 2.45) is 9.98 Å². The van der Waals surface area contributed by atoms with E-state index < -0.39 is 30.5 Å². The van der Waals surface area contributed by atoms with Crippen molar-refractivity contribution in [2.45, 2.75) is 6.04 Å². The van der Waals surface area contributed by atoms with Crippen molar-refractivity contribution in [2.75, 3.05) is 13.7 Å². The number of aliphatic imine (C=N–C) groups is 2. The summed E-state index contributed by atoms with van der Waals surface area (Å²) in [6.07, 6.45) is 4.59. The molecule has 0 fully saturated rings. The molecule has 0 aliphatic carbocycles. The molecule has 0 bridgehead atoms. The average Bonchev–Trinajstić information content (AvgIpc) is 2.34. The number of ether oxygens (including phenoxy) is 1. The lowest BCUT2D eigenvalue weighted by Crippen LogP contribution is -2.51. The quantitative estimate of drug-likeness (QED) is 0.607. The van der Waals surface area contributed by atoms with Gasteiger partial charge in [-0.2, -0.15) is 4.99 Å². The van der Waals surface area contributed by atoms with Gasteiger partial charge in [0.25, 0.3) is 5.91 Å². The first-order valence-electron chi connectivity index (χ1n) is 4.84. The van der Waals surface area contributed by atoms with Gasteiger partial charge in [0.1, 0.15) is 6.54 Å². The summed E-state index contributed by atoms with van der Waals surface area (Å²) >= 11 is 0. The summed E-state index contributed by atoms with van der Waals surface area (Å²) in [5, 5.41) is 0. The fraction of sp³-hybridized carbons (Fsp3) is 0.300. The van der Waals surface area contributed by atoms with E-state index >= 15 is 0 Å². The number of hydrogen-bond acceptors (Lipinski definition) is 5. The van der Waals surface area contributed by atoms with Gasteiger partial charge in [-0.25, -0.2) is 9.69 Å². The van der Waals surface area contributed by atoms with Crippen LogP contribution in [-0.2, 0) is 14.3 Å². The van der Waals surface area contributed by atoms with E-state index in [-0.39, 0.29) is 0 Å². The Morgan fingerprint density at radius 3 is 3.00 bits per heavy atom. The van der Waals surface area contributed by atoms with Gasteiger partial charge >= 0.3 is 12.0 Å². The topological polar surface area (TPSA) is 88.4 Å². The molecular formula is C10H9N3O4. The molecule has 2 aliphatic heterocycles. The van der Waals surface area contributed by atoms with Gasteiger partial charge in [0.15, 0.2) is 6.04 Å². The smallest absolute Gasteiger partial charge is 0.351 e. The maximum Gasteiger partial charge on any atom is 0.351 e. The van der Waals surface area contributed by atoms with Gasteiger partial charge in [0.2, 0.25) is 0 Å². The van der Waals surface area contributed by atoms with Crippen LogP contribution in [0, 0.1) is 0 Å². The molecule has 0 aromatic carbocycles. The molecule has 88 valence electrons. The first-order chi connectivity index (χ1) is 8.13. The molecule has 2 heterocycles. The predicted octanol–water partition coefficient (Wildman–Crippen LogP) is -0.428. The number of rotatable bonds is 2. The van der Waals surface area contributed by atoms with Crippen LogP contribution >= 0.6 is 0 Å². The largest absolute Gasteiger partial charge is 0.468 e. The number of carbonyl (C=O) groups is 3. The zero-order chi connectivity index (χ0) is 12.4. The molecule has 0 aromatic heterocycles. The molecule has 3 amide bonds. The molecule has 2 rings (SSSR count). The number of esters is 1. The van der Waals surface area contributed by atoms with Crippen LogP contribution in [0.5, 0.6) is 0 Å². The molecule has 0 spiro atoms. The van der Waals surface area contributed by atoms with Crippen LogP contribution in [0.25, 0.3) is 0 Å². The third-order valence-corrected chi connectivity index (χ3v) is 2.34. The van der Waals surface area contributed by atoms with E-state index in [0.717, 1.165) is 4.90 Å². The molecule has 1 atom stereocenters. The van der Waals surface area contributed by atoms with Crippen LogP contribution < -0.4 is 0 Å². The second-order valence-corrected chi connectivity index (χ2v) is 3.38. The highest BCUT2D eigenvalue weighted by atomic mass is 16.5. The zero-order valence-corrected chi connectivity index (χ0v) is 8.99. The number of nitrogens with zero attached hydrogens (tertiary/aromatic N) is 3. The molecule has 2 aliphatic rings. The monoisotopic (exact) mass is 235 g/mol. The Kier molecular flexibility index (Phi) is 2.82. The predicted molar refractivity (Wildman–Crippen MR) is 58.0 cm³/mol. The van der Waals surface area contributed by atoms with Crippen molar-refractivity contribution in [3.8, 4) is 0 Å². The van der Waals surface area contributed by atoms with Crippen LogP contribution in [-0.4, -0.2) is 54.4 Å². The summed E-state index contributed by atoms with van der Waals surface area (Å²) in [4.78, 5) is 42.8. The fourth-order valence-electron chi connectivity index (χ4n) is 1.49. The first-order valence-corrected chi connectivity index (χ1v) is 4.84. The SMILES string of the molecule is COC(=O)CN1C(=O)N=C2C=CC=NC2C1=O. The number of imide groups is 1. The summed E-state index contributed by atoms with van der Waals surface area (Å²) in [6.45, 7) is -0.444. The summed E-state index contributed by atoms with van der Waals surface area (Å²) in [5.41, 5.74) is 0.295. The van der Waals surface area contributed by atoms with E-state index in [0.29, 0.717) is 5.71 Å².